The van der Waals surface area contributed by atoms with Crippen LogP contribution < -0.4 is 10.2 Å². The molecule has 0 spiro atoms. The molecule has 1 aliphatic carbocycles. The van der Waals surface area contributed by atoms with Crippen LogP contribution in [0.1, 0.15) is 38.7 Å². The van der Waals surface area contributed by atoms with Gasteiger partial charge in [0.15, 0.2) is 0 Å². The maximum absolute atomic E-state index is 3.61. The highest BCUT2D eigenvalue weighted by molar-refractivity contribution is 9.10. The zero-order chi connectivity index (χ0) is 13.8. The highest BCUT2D eigenvalue weighted by Gasteiger charge is 2.20. The Morgan fingerprint density at radius 1 is 1.37 bits per heavy atom. The molecular formula is C16H25BrN2. The summed E-state index contributed by atoms with van der Waals surface area (Å²) >= 11 is 3.59. The van der Waals surface area contributed by atoms with Gasteiger partial charge in [-0.15, -0.1) is 0 Å². The van der Waals surface area contributed by atoms with Crippen LogP contribution in [0.5, 0.6) is 0 Å². The molecule has 3 heteroatoms. The van der Waals surface area contributed by atoms with E-state index >= 15 is 0 Å². The molecule has 106 valence electrons. The lowest BCUT2D eigenvalue weighted by Gasteiger charge is -2.24. The van der Waals surface area contributed by atoms with Gasteiger partial charge in [0.1, 0.15) is 0 Å². The van der Waals surface area contributed by atoms with E-state index in [1.165, 1.54) is 30.5 Å². The second-order valence-electron chi connectivity index (χ2n) is 6.03. The monoisotopic (exact) mass is 324 g/mol. The fourth-order valence-electron chi connectivity index (χ4n) is 2.16. The zero-order valence-corrected chi connectivity index (χ0v) is 13.8. The third kappa shape index (κ3) is 4.81. The van der Waals surface area contributed by atoms with Crippen molar-refractivity contribution in [2.45, 2.75) is 45.7 Å². The Kier molecular flexibility index (Phi) is 5.28. The summed E-state index contributed by atoms with van der Waals surface area (Å²) in [6, 6.07) is 7.38. The highest BCUT2D eigenvalue weighted by atomic mass is 79.9. The summed E-state index contributed by atoms with van der Waals surface area (Å²) in [7, 11) is 2.20. The quantitative estimate of drug-likeness (QED) is 0.809. The van der Waals surface area contributed by atoms with Crippen molar-refractivity contribution in [1.29, 1.82) is 0 Å². The SMILES string of the molecule is CC(C)CCN(C)c1cc(Br)ccc1CNC1CC1. The molecule has 2 nitrogen and oxygen atoms in total. The van der Waals surface area contributed by atoms with Crippen molar-refractivity contribution in [2.24, 2.45) is 5.92 Å². The molecule has 1 saturated carbocycles. The molecule has 19 heavy (non-hydrogen) atoms. The molecule has 1 aliphatic rings. The zero-order valence-electron chi connectivity index (χ0n) is 12.2. The first-order valence-corrected chi connectivity index (χ1v) is 8.08. The smallest absolute Gasteiger partial charge is 0.0420 e. The van der Waals surface area contributed by atoms with Gasteiger partial charge in [0, 0.05) is 36.3 Å². The van der Waals surface area contributed by atoms with E-state index in [4.69, 9.17) is 0 Å². The van der Waals surface area contributed by atoms with E-state index in [-0.39, 0.29) is 0 Å². The molecule has 2 rings (SSSR count). The Morgan fingerprint density at radius 2 is 2.11 bits per heavy atom. The van der Waals surface area contributed by atoms with Gasteiger partial charge >= 0.3 is 0 Å². The fraction of sp³-hybridized carbons (Fsp3) is 0.625. The van der Waals surface area contributed by atoms with Crippen LogP contribution in [-0.4, -0.2) is 19.6 Å². The Balaban J connectivity index is 2.03. The van der Waals surface area contributed by atoms with Crippen LogP contribution in [0.4, 0.5) is 5.69 Å². The lowest BCUT2D eigenvalue weighted by molar-refractivity contribution is 0.584. The van der Waals surface area contributed by atoms with Gasteiger partial charge in [0.25, 0.3) is 0 Å². The van der Waals surface area contributed by atoms with Crippen molar-refractivity contribution in [3.05, 3.63) is 28.2 Å². The molecule has 1 aromatic carbocycles. The summed E-state index contributed by atoms with van der Waals surface area (Å²) in [6.07, 6.45) is 3.92. The Bertz CT molecular complexity index is 413. The Morgan fingerprint density at radius 3 is 2.74 bits per heavy atom. The van der Waals surface area contributed by atoms with E-state index in [1.807, 2.05) is 0 Å². The Hall–Kier alpha value is -0.540. The minimum atomic E-state index is 0.752. The second-order valence-corrected chi connectivity index (χ2v) is 6.95. The van der Waals surface area contributed by atoms with E-state index < -0.39 is 0 Å². The van der Waals surface area contributed by atoms with Gasteiger partial charge < -0.3 is 10.2 Å². The van der Waals surface area contributed by atoms with E-state index in [0.717, 1.165) is 29.5 Å². The van der Waals surface area contributed by atoms with Crippen molar-refractivity contribution in [3.63, 3.8) is 0 Å². The number of nitrogens with one attached hydrogen (secondary N) is 1. The number of rotatable bonds is 7. The number of benzene rings is 1. The molecule has 1 fully saturated rings. The molecule has 0 aliphatic heterocycles. The maximum atomic E-state index is 3.61. The van der Waals surface area contributed by atoms with Crippen molar-refractivity contribution < 1.29 is 0 Å². The van der Waals surface area contributed by atoms with E-state index in [2.05, 4.69) is 65.2 Å². The van der Waals surface area contributed by atoms with E-state index in [0.29, 0.717) is 0 Å². The number of nitrogens with zero attached hydrogens (tertiary/aromatic N) is 1. The fourth-order valence-corrected chi connectivity index (χ4v) is 2.50. The lowest BCUT2D eigenvalue weighted by atomic mass is 10.1. The number of anilines is 1. The van der Waals surface area contributed by atoms with Crippen molar-refractivity contribution in [3.8, 4) is 0 Å². The van der Waals surface area contributed by atoms with Crippen LogP contribution in [0.2, 0.25) is 0 Å². The standard InChI is InChI=1S/C16H25BrN2/c1-12(2)8-9-19(3)16-10-14(17)5-4-13(16)11-18-15-6-7-15/h4-5,10,12,15,18H,6-9,11H2,1-3H3. The molecule has 1 N–H and O–H groups in total. The van der Waals surface area contributed by atoms with Gasteiger partial charge in [-0.3, -0.25) is 0 Å². The molecular weight excluding hydrogens is 300 g/mol. The molecule has 0 atom stereocenters. The van der Waals surface area contributed by atoms with Gasteiger partial charge in [0.05, 0.1) is 0 Å². The second kappa shape index (κ2) is 6.76. The summed E-state index contributed by atoms with van der Waals surface area (Å²) in [5.74, 6) is 0.752. The normalized spacial score (nSPS) is 15.0. The van der Waals surface area contributed by atoms with Crippen molar-refractivity contribution in [1.82, 2.24) is 5.32 Å². The topological polar surface area (TPSA) is 15.3 Å². The first-order chi connectivity index (χ1) is 9.06. The molecule has 1 aromatic rings. The first kappa shape index (κ1) is 14.9. The molecule has 0 amide bonds. The van der Waals surface area contributed by atoms with Crippen LogP contribution >= 0.6 is 15.9 Å². The van der Waals surface area contributed by atoms with Crippen LogP contribution in [0.3, 0.4) is 0 Å². The largest absolute Gasteiger partial charge is 0.374 e. The summed E-state index contributed by atoms with van der Waals surface area (Å²) in [5, 5.41) is 3.61. The van der Waals surface area contributed by atoms with E-state index in [1.54, 1.807) is 0 Å². The lowest BCUT2D eigenvalue weighted by Crippen LogP contribution is -2.23. The molecule has 0 aromatic heterocycles. The molecule has 0 saturated heterocycles. The molecule has 0 heterocycles. The number of halogens is 1. The first-order valence-electron chi connectivity index (χ1n) is 7.29. The Labute approximate surface area is 125 Å². The van der Waals surface area contributed by atoms with Crippen LogP contribution in [0.15, 0.2) is 22.7 Å². The summed E-state index contributed by atoms with van der Waals surface area (Å²) < 4.78 is 1.16. The predicted molar refractivity (Wildman–Crippen MR) is 86.7 cm³/mol. The minimum absolute atomic E-state index is 0.752. The summed E-state index contributed by atoms with van der Waals surface area (Å²) in [5.41, 5.74) is 2.75. The molecule has 0 radical (unpaired) electrons. The van der Waals surface area contributed by atoms with Gasteiger partial charge in [-0.2, -0.15) is 0 Å². The van der Waals surface area contributed by atoms with E-state index in [9.17, 15) is 0 Å². The average Bonchev–Trinajstić information content (AvgIpc) is 3.18. The maximum Gasteiger partial charge on any atom is 0.0420 e. The summed E-state index contributed by atoms with van der Waals surface area (Å²) in [6.45, 7) is 6.67. The van der Waals surface area contributed by atoms with Gasteiger partial charge in [-0.05, 0) is 42.9 Å². The summed E-state index contributed by atoms with van der Waals surface area (Å²) in [4.78, 5) is 2.38. The number of hydrogen-bond acceptors (Lipinski definition) is 2. The van der Waals surface area contributed by atoms with Crippen LogP contribution in [0.25, 0.3) is 0 Å². The van der Waals surface area contributed by atoms with Crippen LogP contribution in [0, 0.1) is 5.92 Å². The highest BCUT2D eigenvalue weighted by Crippen LogP contribution is 2.26. The number of hydrogen-bond donors (Lipinski definition) is 1. The average molecular weight is 325 g/mol. The third-order valence-corrected chi connectivity index (χ3v) is 4.15. The third-order valence-electron chi connectivity index (χ3n) is 3.66. The van der Waals surface area contributed by atoms with Crippen molar-refractivity contribution in [2.75, 3.05) is 18.5 Å². The van der Waals surface area contributed by atoms with Gasteiger partial charge in [-0.25, -0.2) is 0 Å². The molecule has 0 bridgehead atoms. The van der Waals surface area contributed by atoms with Crippen molar-refractivity contribution >= 4 is 21.6 Å². The van der Waals surface area contributed by atoms with Gasteiger partial charge in [0.2, 0.25) is 0 Å². The predicted octanol–water partition coefficient (Wildman–Crippen LogP) is 4.18. The van der Waals surface area contributed by atoms with Gasteiger partial charge in [-0.1, -0.05) is 35.8 Å². The molecule has 0 unspecified atom stereocenters. The minimum Gasteiger partial charge on any atom is -0.374 e. The van der Waals surface area contributed by atoms with Crippen LogP contribution in [-0.2, 0) is 6.54 Å².